The Balaban J connectivity index is 1.44. The average Bonchev–Trinajstić information content (AvgIpc) is 3.44. The number of benzene rings is 2. The van der Waals surface area contributed by atoms with Gasteiger partial charge in [-0.25, -0.2) is 22.2 Å². The summed E-state index contributed by atoms with van der Waals surface area (Å²) in [6, 6.07) is 7.83. The van der Waals surface area contributed by atoms with E-state index in [4.69, 9.17) is 4.74 Å². The van der Waals surface area contributed by atoms with Gasteiger partial charge in [0.2, 0.25) is 10.0 Å². The lowest BCUT2D eigenvalue weighted by atomic mass is 10.2. The number of carbonyl (C=O) groups excluding carboxylic acids is 1. The molecule has 0 spiro atoms. The monoisotopic (exact) mass is 535 g/mol. The SMILES string of the molecule is O=C(c1ccc(S(=O)(=O)N2CCCCCC2)cc1)N(CC1CCCO1)c1nc2c(F)cc(F)cc2s1. The molecule has 5 rings (SSSR count). The molecular formula is C25H27F2N3O4S2. The van der Waals surface area contributed by atoms with E-state index in [1.807, 2.05) is 0 Å². The Labute approximate surface area is 212 Å². The number of aromatic nitrogens is 1. The number of hydrogen-bond donors (Lipinski definition) is 0. The minimum Gasteiger partial charge on any atom is -0.376 e. The molecule has 1 amide bonds. The van der Waals surface area contributed by atoms with E-state index in [0.717, 1.165) is 55.9 Å². The molecule has 0 bridgehead atoms. The normalized spacial score (nSPS) is 19.4. The molecule has 0 N–H and O–H groups in total. The number of rotatable bonds is 6. The van der Waals surface area contributed by atoms with E-state index in [2.05, 4.69) is 4.98 Å². The summed E-state index contributed by atoms with van der Waals surface area (Å²) in [5, 5.41) is 0.233. The third kappa shape index (κ3) is 5.15. The molecule has 2 aliphatic rings. The predicted molar refractivity (Wildman–Crippen MR) is 134 cm³/mol. The van der Waals surface area contributed by atoms with Crippen molar-refractivity contribution in [2.45, 2.75) is 49.5 Å². The molecule has 11 heteroatoms. The molecule has 2 fully saturated rings. The summed E-state index contributed by atoms with van der Waals surface area (Å²) in [5.74, 6) is -1.92. The van der Waals surface area contributed by atoms with Crippen LogP contribution >= 0.6 is 11.3 Å². The van der Waals surface area contributed by atoms with E-state index in [1.54, 1.807) is 0 Å². The Hall–Kier alpha value is -2.47. The molecule has 3 aromatic rings. The standard InChI is InChI=1S/C25H27F2N3O4S2/c26-18-14-21(27)23-22(15-18)35-25(28-23)30(16-19-6-5-13-34-19)24(31)17-7-9-20(10-8-17)36(32,33)29-11-3-1-2-4-12-29/h7-10,14-15,19H,1-6,11-13,16H2. The van der Waals surface area contributed by atoms with Crippen molar-refractivity contribution >= 4 is 42.6 Å². The average molecular weight is 536 g/mol. The summed E-state index contributed by atoms with van der Waals surface area (Å²) < 4.78 is 61.8. The fourth-order valence-electron chi connectivity index (χ4n) is 4.66. The number of amides is 1. The number of thiazole rings is 1. The summed E-state index contributed by atoms with van der Waals surface area (Å²) in [6.07, 6.45) is 5.14. The Morgan fingerprint density at radius 3 is 2.47 bits per heavy atom. The first-order valence-corrected chi connectivity index (χ1v) is 14.4. The molecule has 36 heavy (non-hydrogen) atoms. The minimum absolute atomic E-state index is 0.000400. The molecule has 3 heterocycles. The molecule has 192 valence electrons. The summed E-state index contributed by atoms with van der Waals surface area (Å²) in [4.78, 5) is 19.4. The van der Waals surface area contributed by atoms with Crippen molar-refractivity contribution in [2.75, 3.05) is 31.1 Å². The van der Waals surface area contributed by atoms with Crippen LogP contribution in [-0.2, 0) is 14.8 Å². The molecule has 1 unspecified atom stereocenters. The largest absolute Gasteiger partial charge is 0.376 e. The highest BCUT2D eigenvalue weighted by Gasteiger charge is 2.29. The van der Waals surface area contributed by atoms with Gasteiger partial charge in [0.05, 0.1) is 22.2 Å². The van der Waals surface area contributed by atoms with Gasteiger partial charge in [0.25, 0.3) is 5.91 Å². The van der Waals surface area contributed by atoms with Crippen molar-refractivity contribution in [1.29, 1.82) is 0 Å². The summed E-state index contributed by atoms with van der Waals surface area (Å²) in [7, 11) is -3.64. The van der Waals surface area contributed by atoms with Crippen molar-refractivity contribution in [3.05, 3.63) is 53.6 Å². The molecular weight excluding hydrogens is 508 g/mol. The lowest BCUT2D eigenvalue weighted by Crippen LogP contribution is -2.37. The lowest BCUT2D eigenvalue weighted by Gasteiger charge is -2.23. The summed E-state index contributed by atoms with van der Waals surface area (Å²) in [6.45, 7) is 1.78. The number of hydrogen-bond acceptors (Lipinski definition) is 6. The first kappa shape index (κ1) is 25.2. The second-order valence-electron chi connectivity index (χ2n) is 9.12. The van der Waals surface area contributed by atoms with Crippen LogP contribution in [0.2, 0.25) is 0 Å². The maximum Gasteiger partial charge on any atom is 0.260 e. The lowest BCUT2D eigenvalue weighted by molar-refractivity contribution is 0.0917. The van der Waals surface area contributed by atoms with Crippen LogP contribution in [0.1, 0.15) is 48.9 Å². The number of nitrogens with zero attached hydrogens (tertiary/aromatic N) is 3. The molecule has 1 atom stereocenters. The highest BCUT2D eigenvalue weighted by molar-refractivity contribution is 7.89. The maximum absolute atomic E-state index is 14.3. The van der Waals surface area contributed by atoms with Crippen LogP contribution in [-0.4, -0.2) is 56.0 Å². The Morgan fingerprint density at radius 1 is 1.08 bits per heavy atom. The van der Waals surface area contributed by atoms with Crippen molar-refractivity contribution in [3.63, 3.8) is 0 Å². The molecule has 1 aromatic heterocycles. The summed E-state index contributed by atoms with van der Waals surface area (Å²) >= 11 is 1.02. The highest BCUT2D eigenvalue weighted by atomic mass is 32.2. The Kier molecular flexibility index (Phi) is 7.34. The van der Waals surface area contributed by atoms with Gasteiger partial charge in [-0.2, -0.15) is 4.31 Å². The zero-order valence-electron chi connectivity index (χ0n) is 19.7. The number of halogens is 2. The molecule has 7 nitrogen and oxygen atoms in total. The second kappa shape index (κ2) is 10.5. The third-order valence-corrected chi connectivity index (χ3v) is 9.53. The van der Waals surface area contributed by atoms with Gasteiger partial charge in [-0.1, -0.05) is 24.2 Å². The fraction of sp³-hybridized carbons (Fsp3) is 0.440. The number of ether oxygens (including phenoxy) is 1. The molecule has 2 saturated heterocycles. The van der Waals surface area contributed by atoms with E-state index >= 15 is 0 Å². The van der Waals surface area contributed by atoms with Gasteiger partial charge >= 0.3 is 0 Å². The summed E-state index contributed by atoms with van der Waals surface area (Å²) in [5.41, 5.74) is 0.272. The first-order valence-electron chi connectivity index (χ1n) is 12.1. The van der Waals surface area contributed by atoms with Crippen LogP contribution in [0.15, 0.2) is 41.3 Å². The second-order valence-corrected chi connectivity index (χ2v) is 12.1. The van der Waals surface area contributed by atoms with Crippen LogP contribution in [0.5, 0.6) is 0 Å². The van der Waals surface area contributed by atoms with Gasteiger partial charge in [0.15, 0.2) is 10.9 Å². The van der Waals surface area contributed by atoms with Gasteiger partial charge in [-0.05, 0) is 56.0 Å². The maximum atomic E-state index is 14.3. The predicted octanol–water partition coefficient (Wildman–Crippen LogP) is 4.97. The molecule has 0 radical (unpaired) electrons. The van der Waals surface area contributed by atoms with Crippen molar-refractivity contribution in [2.24, 2.45) is 0 Å². The van der Waals surface area contributed by atoms with Crippen LogP contribution in [0.3, 0.4) is 0 Å². The van der Waals surface area contributed by atoms with E-state index < -0.39 is 27.6 Å². The number of sulfonamides is 1. The van der Waals surface area contributed by atoms with E-state index in [1.165, 1.54) is 39.5 Å². The zero-order chi connectivity index (χ0) is 25.3. The smallest absolute Gasteiger partial charge is 0.260 e. The molecule has 0 saturated carbocycles. The quantitative estimate of drug-likeness (QED) is 0.446. The third-order valence-electron chi connectivity index (χ3n) is 6.59. The minimum atomic E-state index is -3.64. The van der Waals surface area contributed by atoms with Gasteiger partial charge in [0.1, 0.15) is 11.3 Å². The highest BCUT2D eigenvalue weighted by Crippen LogP contribution is 2.33. The van der Waals surface area contributed by atoms with E-state index in [-0.39, 0.29) is 33.8 Å². The molecule has 2 aliphatic heterocycles. The van der Waals surface area contributed by atoms with Gasteiger partial charge in [-0.15, -0.1) is 0 Å². The number of anilines is 1. The van der Waals surface area contributed by atoms with Gasteiger partial charge in [-0.3, -0.25) is 9.69 Å². The molecule has 0 aliphatic carbocycles. The van der Waals surface area contributed by atoms with Crippen LogP contribution in [0, 0.1) is 11.6 Å². The van der Waals surface area contributed by atoms with E-state index in [9.17, 15) is 22.0 Å². The molecule has 2 aromatic carbocycles. The van der Waals surface area contributed by atoms with E-state index in [0.29, 0.717) is 24.4 Å². The van der Waals surface area contributed by atoms with Crippen molar-refractivity contribution in [1.82, 2.24) is 9.29 Å². The topological polar surface area (TPSA) is 79.8 Å². The van der Waals surface area contributed by atoms with Crippen LogP contribution < -0.4 is 4.90 Å². The van der Waals surface area contributed by atoms with Crippen LogP contribution in [0.4, 0.5) is 13.9 Å². The fourth-order valence-corrected chi connectivity index (χ4v) is 7.19. The number of fused-ring (bicyclic) bond motifs is 1. The zero-order valence-corrected chi connectivity index (χ0v) is 21.3. The Morgan fingerprint density at radius 2 is 1.81 bits per heavy atom. The first-order chi connectivity index (χ1) is 17.3. The Bertz CT molecular complexity index is 1350. The number of carbonyl (C=O) groups is 1. The van der Waals surface area contributed by atoms with Gasteiger partial charge in [0, 0.05) is 31.3 Å². The van der Waals surface area contributed by atoms with Gasteiger partial charge < -0.3 is 4.74 Å². The van der Waals surface area contributed by atoms with Crippen molar-refractivity contribution < 1.29 is 26.7 Å². The van der Waals surface area contributed by atoms with Crippen molar-refractivity contribution in [3.8, 4) is 0 Å². The van der Waals surface area contributed by atoms with Crippen LogP contribution in [0.25, 0.3) is 10.2 Å².